The molecule has 2 rings (SSSR count). The Morgan fingerprint density at radius 1 is 1.50 bits per heavy atom. The van der Waals surface area contributed by atoms with E-state index in [0.29, 0.717) is 12.3 Å². The number of aromatic carboxylic acids is 1. The molecule has 0 unspecified atom stereocenters. The van der Waals surface area contributed by atoms with Gasteiger partial charge in [-0.2, -0.15) is 0 Å². The van der Waals surface area contributed by atoms with Crippen molar-refractivity contribution in [3.63, 3.8) is 0 Å². The summed E-state index contributed by atoms with van der Waals surface area (Å²) in [5.41, 5.74) is -0.209. The lowest BCUT2D eigenvalue weighted by molar-refractivity contribution is 0.0660. The van der Waals surface area contributed by atoms with Gasteiger partial charge in [0.2, 0.25) is 5.76 Å². The highest BCUT2D eigenvalue weighted by atomic mass is 16.4. The predicted octanol–water partition coefficient (Wildman–Crippen LogP) is 1.56. The van der Waals surface area contributed by atoms with Crippen LogP contribution < -0.4 is 10.9 Å². The maximum absolute atomic E-state index is 12.0. The van der Waals surface area contributed by atoms with Crippen LogP contribution in [-0.4, -0.2) is 20.6 Å². The largest absolute Gasteiger partial charge is 0.475 e. The molecule has 0 bridgehead atoms. The predicted molar refractivity (Wildman–Crippen MR) is 71.8 cm³/mol. The van der Waals surface area contributed by atoms with E-state index in [1.807, 2.05) is 6.92 Å². The molecule has 0 aliphatic rings. The van der Waals surface area contributed by atoms with Crippen LogP contribution in [0.25, 0.3) is 0 Å². The monoisotopic (exact) mass is 277 g/mol. The number of aryl methyl sites for hydroxylation is 1. The van der Waals surface area contributed by atoms with Crippen LogP contribution in [0, 0.1) is 0 Å². The third-order valence-electron chi connectivity index (χ3n) is 2.68. The Bertz CT molecular complexity index is 660. The van der Waals surface area contributed by atoms with Gasteiger partial charge in [0, 0.05) is 18.9 Å². The molecule has 0 aliphatic heterocycles. The van der Waals surface area contributed by atoms with Gasteiger partial charge in [0.15, 0.2) is 5.82 Å². The fourth-order valence-electron chi connectivity index (χ4n) is 1.74. The van der Waals surface area contributed by atoms with E-state index >= 15 is 0 Å². The maximum atomic E-state index is 12.0. The van der Waals surface area contributed by atoms with Crippen molar-refractivity contribution < 1.29 is 14.3 Å². The van der Waals surface area contributed by atoms with Gasteiger partial charge in [-0.25, -0.2) is 9.78 Å². The van der Waals surface area contributed by atoms with Crippen molar-refractivity contribution in [3.05, 3.63) is 46.4 Å². The number of carboxylic acid groups (broad SMARTS) is 1. The van der Waals surface area contributed by atoms with Gasteiger partial charge in [0.1, 0.15) is 5.76 Å². The number of rotatable bonds is 6. The number of carboxylic acids is 1. The van der Waals surface area contributed by atoms with E-state index in [2.05, 4.69) is 10.3 Å². The van der Waals surface area contributed by atoms with Crippen molar-refractivity contribution in [3.8, 4) is 0 Å². The first-order chi connectivity index (χ1) is 9.61. The van der Waals surface area contributed by atoms with Crippen LogP contribution in [-0.2, 0) is 13.1 Å². The summed E-state index contributed by atoms with van der Waals surface area (Å²) in [5, 5.41) is 11.6. The summed E-state index contributed by atoms with van der Waals surface area (Å²) >= 11 is 0. The molecule has 2 N–H and O–H groups in total. The number of aromatic nitrogens is 2. The first-order valence-electron chi connectivity index (χ1n) is 6.23. The first kappa shape index (κ1) is 13.9. The lowest BCUT2D eigenvalue weighted by Crippen LogP contribution is -2.24. The van der Waals surface area contributed by atoms with Gasteiger partial charge in [-0.3, -0.25) is 4.79 Å². The van der Waals surface area contributed by atoms with Gasteiger partial charge in [-0.15, -0.1) is 0 Å². The zero-order valence-corrected chi connectivity index (χ0v) is 11.0. The van der Waals surface area contributed by atoms with Crippen molar-refractivity contribution >= 4 is 11.8 Å². The SMILES string of the molecule is CCCn1ccnc(NCc2ccc(C(=O)O)o2)c1=O. The summed E-state index contributed by atoms with van der Waals surface area (Å²) < 4.78 is 6.66. The second-order valence-electron chi connectivity index (χ2n) is 4.20. The molecule has 7 nitrogen and oxygen atoms in total. The molecule has 0 amide bonds. The number of furan rings is 1. The molecule has 7 heteroatoms. The van der Waals surface area contributed by atoms with Gasteiger partial charge >= 0.3 is 5.97 Å². The Balaban J connectivity index is 2.08. The quantitative estimate of drug-likeness (QED) is 0.831. The lowest BCUT2D eigenvalue weighted by atomic mass is 10.4. The summed E-state index contributed by atoms with van der Waals surface area (Å²) in [6, 6.07) is 2.91. The minimum atomic E-state index is -1.13. The summed E-state index contributed by atoms with van der Waals surface area (Å²) in [6.07, 6.45) is 4.03. The van der Waals surface area contributed by atoms with Crippen LogP contribution >= 0.6 is 0 Å². The highest BCUT2D eigenvalue weighted by molar-refractivity contribution is 5.84. The average molecular weight is 277 g/mol. The van der Waals surface area contributed by atoms with E-state index in [9.17, 15) is 9.59 Å². The fourth-order valence-corrected chi connectivity index (χ4v) is 1.74. The molecule has 106 valence electrons. The highest BCUT2D eigenvalue weighted by Gasteiger charge is 2.10. The van der Waals surface area contributed by atoms with E-state index in [-0.39, 0.29) is 23.7 Å². The molecular formula is C13H15N3O4. The topological polar surface area (TPSA) is 97.4 Å². The van der Waals surface area contributed by atoms with E-state index in [1.54, 1.807) is 23.0 Å². The van der Waals surface area contributed by atoms with E-state index < -0.39 is 5.97 Å². The number of nitrogens with zero attached hydrogens (tertiary/aromatic N) is 2. The molecule has 2 aromatic heterocycles. The molecule has 0 atom stereocenters. The third kappa shape index (κ3) is 3.05. The maximum Gasteiger partial charge on any atom is 0.371 e. The van der Waals surface area contributed by atoms with E-state index in [1.165, 1.54) is 6.07 Å². The average Bonchev–Trinajstić information content (AvgIpc) is 2.89. The molecule has 0 aromatic carbocycles. The molecule has 2 heterocycles. The molecule has 0 saturated carbocycles. The Morgan fingerprint density at radius 2 is 2.30 bits per heavy atom. The fraction of sp³-hybridized carbons (Fsp3) is 0.308. The summed E-state index contributed by atoms with van der Waals surface area (Å²) in [7, 11) is 0. The zero-order chi connectivity index (χ0) is 14.5. The van der Waals surface area contributed by atoms with Crippen molar-refractivity contribution in [2.24, 2.45) is 0 Å². The first-order valence-corrected chi connectivity index (χ1v) is 6.23. The molecule has 20 heavy (non-hydrogen) atoms. The van der Waals surface area contributed by atoms with Crippen LogP contribution in [0.2, 0.25) is 0 Å². The number of hydrogen-bond donors (Lipinski definition) is 2. The van der Waals surface area contributed by atoms with Crippen molar-refractivity contribution in [1.82, 2.24) is 9.55 Å². The third-order valence-corrected chi connectivity index (χ3v) is 2.68. The molecule has 0 spiro atoms. The summed E-state index contributed by atoms with van der Waals surface area (Å²) in [6.45, 7) is 2.81. The number of anilines is 1. The van der Waals surface area contributed by atoms with Gasteiger partial charge in [-0.1, -0.05) is 6.92 Å². The normalized spacial score (nSPS) is 10.4. The minimum absolute atomic E-state index is 0.133. The smallest absolute Gasteiger partial charge is 0.371 e. The van der Waals surface area contributed by atoms with Crippen LogP contribution in [0.5, 0.6) is 0 Å². The molecule has 0 radical (unpaired) electrons. The lowest BCUT2D eigenvalue weighted by Gasteiger charge is -2.06. The molecule has 2 aromatic rings. The van der Waals surface area contributed by atoms with Gasteiger partial charge in [0.05, 0.1) is 6.54 Å². The van der Waals surface area contributed by atoms with Gasteiger partial charge in [0.25, 0.3) is 5.56 Å². The second-order valence-corrected chi connectivity index (χ2v) is 4.20. The van der Waals surface area contributed by atoms with Crippen LogP contribution in [0.4, 0.5) is 5.82 Å². The van der Waals surface area contributed by atoms with Crippen molar-refractivity contribution in [2.45, 2.75) is 26.4 Å². The number of carbonyl (C=O) groups is 1. The molecule has 0 aliphatic carbocycles. The zero-order valence-electron chi connectivity index (χ0n) is 11.0. The van der Waals surface area contributed by atoms with Crippen LogP contribution in [0.15, 0.2) is 33.7 Å². The summed E-state index contributed by atoms with van der Waals surface area (Å²) in [5.74, 6) is -0.616. The molecule has 0 fully saturated rings. The van der Waals surface area contributed by atoms with E-state index in [0.717, 1.165) is 6.42 Å². The minimum Gasteiger partial charge on any atom is -0.475 e. The second kappa shape index (κ2) is 6.05. The van der Waals surface area contributed by atoms with Crippen molar-refractivity contribution in [2.75, 3.05) is 5.32 Å². The van der Waals surface area contributed by atoms with Gasteiger partial charge < -0.3 is 19.4 Å². The van der Waals surface area contributed by atoms with Crippen LogP contribution in [0.3, 0.4) is 0 Å². The number of hydrogen-bond acceptors (Lipinski definition) is 5. The van der Waals surface area contributed by atoms with Crippen LogP contribution in [0.1, 0.15) is 29.7 Å². The van der Waals surface area contributed by atoms with E-state index in [4.69, 9.17) is 9.52 Å². The highest BCUT2D eigenvalue weighted by Crippen LogP contribution is 2.09. The molecular weight excluding hydrogens is 262 g/mol. The number of nitrogens with one attached hydrogen (secondary N) is 1. The molecule has 0 saturated heterocycles. The Morgan fingerprint density at radius 3 is 2.95 bits per heavy atom. The summed E-state index contributed by atoms with van der Waals surface area (Å²) in [4.78, 5) is 26.7. The standard InChI is InChI=1S/C13H15N3O4/c1-2-6-16-7-5-14-11(12(16)17)15-8-9-3-4-10(20-9)13(18)19/h3-5,7H,2,6,8H2,1H3,(H,14,15)(H,18,19). The Kier molecular flexibility index (Phi) is 4.19. The van der Waals surface area contributed by atoms with Gasteiger partial charge in [-0.05, 0) is 18.6 Å². The Labute approximate surface area is 114 Å². The van der Waals surface area contributed by atoms with Crippen molar-refractivity contribution in [1.29, 1.82) is 0 Å². The Hall–Kier alpha value is -2.57.